The Morgan fingerprint density at radius 2 is 1.83 bits per heavy atom. The van der Waals surface area contributed by atoms with E-state index in [1.807, 2.05) is 0 Å². The van der Waals surface area contributed by atoms with Gasteiger partial charge in [-0.15, -0.1) is 12.4 Å². The van der Waals surface area contributed by atoms with E-state index in [4.69, 9.17) is 5.73 Å². The van der Waals surface area contributed by atoms with Gasteiger partial charge in [0.1, 0.15) is 0 Å². The number of halogens is 1. The second kappa shape index (κ2) is 6.79. The summed E-state index contributed by atoms with van der Waals surface area (Å²) in [6.45, 7) is 0. The van der Waals surface area contributed by atoms with E-state index in [9.17, 15) is 13.2 Å². The molecule has 0 saturated heterocycles. The fourth-order valence-corrected chi connectivity index (χ4v) is 5.07. The van der Waals surface area contributed by atoms with Crippen molar-refractivity contribution in [3.8, 4) is 0 Å². The number of carbonyl (C=O) groups excluding carboxylic acids is 1. The van der Waals surface area contributed by atoms with Gasteiger partial charge < -0.3 is 11.1 Å². The number of rotatable bonds is 2. The molecule has 128 valence electrons. The second-order valence-corrected chi connectivity index (χ2v) is 8.47. The lowest BCUT2D eigenvalue weighted by atomic mass is 9.81. The van der Waals surface area contributed by atoms with Gasteiger partial charge in [0.15, 0.2) is 9.84 Å². The first-order valence-electron chi connectivity index (χ1n) is 7.84. The Bertz CT molecular complexity index is 684. The van der Waals surface area contributed by atoms with Crippen LogP contribution in [0.25, 0.3) is 0 Å². The molecule has 3 rings (SSSR count). The van der Waals surface area contributed by atoms with Crippen LogP contribution in [0, 0.1) is 0 Å². The molecule has 0 bridgehead atoms. The van der Waals surface area contributed by atoms with Crippen molar-refractivity contribution in [1.82, 2.24) is 5.32 Å². The van der Waals surface area contributed by atoms with Crippen LogP contribution in [0.3, 0.4) is 0 Å². The van der Waals surface area contributed by atoms with Crippen molar-refractivity contribution >= 4 is 28.2 Å². The number of carbonyl (C=O) groups is 1. The van der Waals surface area contributed by atoms with Gasteiger partial charge in [-0.25, -0.2) is 8.42 Å². The third-order valence-electron chi connectivity index (χ3n) is 4.81. The minimum absolute atomic E-state index is 0. The lowest BCUT2D eigenvalue weighted by Crippen LogP contribution is -2.56. The van der Waals surface area contributed by atoms with Crippen LogP contribution in [0.1, 0.15) is 50.1 Å². The zero-order valence-corrected chi connectivity index (χ0v) is 14.6. The maximum atomic E-state index is 12.6. The molecule has 2 aliphatic rings. The third-order valence-corrected chi connectivity index (χ3v) is 6.62. The number of hydrogen-bond donors (Lipinski definition) is 2. The van der Waals surface area contributed by atoms with Crippen LogP contribution in [0.4, 0.5) is 0 Å². The Morgan fingerprint density at radius 1 is 1.17 bits per heavy atom. The number of fused-ring (bicyclic) bond motifs is 1. The summed E-state index contributed by atoms with van der Waals surface area (Å²) in [5.41, 5.74) is 6.14. The highest BCUT2D eigenvalue weighted by atomic mass is 35.5. The highest BCUT2D eigenvalue weighted by Crippen LogP contribution is 2.33. The van der Waals surface area contributed by atoms with Crippen molar-refractivity contribution < 1.29 is 13.2 Å². The van der Waals surface area contributed by atoms with Crippen LogP contribution in [-0.4, -0.2) is 25.6 Å². The molecule has 3 N–H and O–H groups in total. The molecule has 1 fully saturated rings. The molecule has 1 unspecified atom stereocenters. The van der Waals surface area contributed by atoms with Crippen LogP contribution in [-0.2, 0) is 14.6 Å². The number of sulfone groups is 1. The summed E-state index contributed by atoms with van der Waals surface area (Å²) in [4.78, 5) is 12.9. The van der Waals surface area contributed by atoms with E-state index in [2.05, 4.69) is 5.32 Å². The maximum absolute atomic E-state index is 12.6. The van der Waals surface area contributed by atoms with Gasteiger partial charge in [0.05, 0.1) is 22.2 Å². The monoisotopic (exact) mass is 358 g/mol. The first kappa shape index (κ1) is 18.2. The molecule has 1 heterocycles. The Hall–Kier alpha value is -1.11. The van der Waals surface area contributed by atoms with E-state index in [0.717, 1.165) is 19.3 Å². The van der Waals surface area contributed by atoms with Crippen LogP contribution < -0.4 is 11.1 Å². The summed E-state index contributed by atoms with van der Waals surface area (Å²) < 4.78 is 24.3. The predicted molar refractivity (Wildman–Crippen MR) is 91.2 cm³/mol. The molecule has 5 nitrogen and oxygen atoms in total. The van der Waals surface area contributed by atoms with Crippen LogP contribution in [0.2, 0.25) is 0 Å². The standard InChI is InChI=1S/C16H22N2O3S.ClH/c17-16(9-4-1-5-10-16)15(19)18-13-8-11-22(20,21)14-7-3-2-6-12(13)14;/h2-3,6-7,13H,1,4-5,8-11,17H2,(H,18,19);1H. The van der Waals surface area contributed by atoms with Gasteiger partial charge in [0, 0.05) is 0 Å². The molecule has 1 aromatic rings. The molecule has 1 atom stereocenters. The normalized spacial score (nSPS) is 24.8. The first-order valence-corrected chi connectivity index (χ1v) is 9.49. The smallest absolute Gasteiger partial charge is 0.240 e. The molecule has 0 spiro atoms. The molecule has 23 heavy (non-hydrogen) atoms. The zero-order valence-electron chi connectivity index (χ0n) is 13.0. The highest BCUT2D eigenvalue weighted by molar-refractivity contribution is 7.91. The van der Waals surface area contributed by atoms with E-state index >= 15 is 0 Å². The zero-order chi connectivity index (χ0) is 15.8. The first-order chi connectivity index (χ1) is 10.4. The van der Waals surface area contributed by atoms with Crippen LogP contribution in [0.5, 0.6) is 0 Å². The average molecular weight is 359 g/mol. The van der Waals surface area contributed by atoms with Crippen molar-refractivity contribution in [2.24, 2.45) is 5.73 Å². The summed E-state index contributed by atoms with van der Waals surface area (Å²) in [6.07, 6.45) is 4.87. The number of hydrogen-bond acceptors (Lipinski definition) is 4. The fraction of sp³-hybridized carbons (Fsp3) is 0.562. The number of benzene rings is 1. The number of nitrogens with two attached hydrogens (primary N) is 1. The Labute approximate surface area is 143 Å². The van der Waals surface area contributed by atoms with Crippen molar-refractivity contribution in [3.05, 3.63) is 29.8 Å². The van der Waals surface area contributed by atoms with Crippen molar-refractivity contribution in [2.75, 3.05) is 5.75 Å². The summed E-state index contributed by atoms with van der Waals surface area (Å²) in [6, 6.07) is 6.64. The van der Waals surface area contributed by atoms with E-state index in [0.29, 0.717) is 29.7 Å². The molecule has 1 aromatic carbocycles. The quantitative estimate of drug-likeness (QED) is 0.847. The molecule has 1 aliphatic carbocycles. The van der Waals surface area contributed by atoms with Gasteiger partial charge >= 0.3 is 0 Å². The summed E-state index contributed by atoms with van der Waals surface area (Å²) in [5.74, 6) is -0.0849. The second-order valence-electron chi connectivity index (χ2n) is 6.39. The van der Waals surface area contributed by atoms with Crippen LogP contribution >= 0.6 is 12.4 Å². The highest BCUT2D eigenvalue weighted by Gasteiger charge is 2.38. The van der Waals surface area contributed by atoms with Crippen molar-refractivity contribution in [3.63, 3.8) is 0 Å². The van der Waals surface area contributed by atoms with Crippen molar-refractivity contribution in [1.29, 1.82) is 0 Å². The van der Waals surface area contributed by atoms with Crippen molar-refractivity contribution in [2.45, 2.75) is 55.0 Å². The van der Waals surface area contributed by atoms with E-state index in [-0.39, 0.29) is 30.1 Å². The largest absolute Gasteiger partial charge is 0.348 e. The fourth-order valence-electron chi connectivity index (χ4n) is 3.45. The van der Waals surface area contributed by atoms with Gasteiger partial charge in [0.2, 0.25) is 5.91 Å². The molecule has 0 aromatic heterocycles. The molecule has 0 radical (unpaired) electrons. The number of amides is 1. The minimum atomic E-state index is -3.23. The topological polar surface area (TPSA) is 89.3 Å². The molecular formula is C16H23ClN2O3S. The third kappa shape index (κ3) is 3.54. The van der Waals surface area contributed by atoms with Gasteiger partial charge in [-0.2, -0.15) is 0 Å². The lowest BCUT2D eigenvalue weighted by Gasteiger charge is -2.35. The Kier molecular flexibility index (Phi) is 5.38. The minimum Gasteiger partial charge on any atom is -0.348 e. The Balaban J connectivity index is 0.00000192. The molecule has 1 amide bonds. The predicted octanol–water partition coefficient (Wildman–Crippen LogP) is 2.10. The Morgan fingerprint density at radius 3 is 2.52 bits per heavy atom. The summed E-state index contributed by atoms with van der Waals surface area (Å²) in [7, 11) is -3.23. The van der Waals surface area contributed by atoms with E-state index in [1.54, 1.807) is 24.3 Å². The lowest BCUT2D eigenvalue weighted by molar-refractivity contribution is -0.128. The molecule has 1 aliphatic heterocycles. The van der Waals surface area contributed by atoms with Gasteiger partial charge in [-0.3, -0.25) is 4.79 Å². The summed E-state index contributed by atoms with van der Waals surface area (Å²) >= 11 is 0. The SMILES string of the molecule is Cl.NC1(C(=O)NC2CCS(=O)(=O)c3ccccc32)CCCCC1. The van der Waals surface area contributed by atoms with Gasteiger partial charge in [0.25, 0.3) is 0 Å². The molecule has 7 heteroatoms. The van der Waals surface area contributed by atoms with Crippen LogP contribution in [0.15, 0.2) is 29.2 Å². The molecule has 1 saturated carbocycles. The average Bonchev–Trinajstić information content (AvgIpc) is 2.51. The maximum Gasteiger partial charge on any atom is 0.240 e. The number of nitrogens with one attached hydrogen (secondary N) is 1. The summed E-state index contributed by atoms with van der Waals surface area (Å²) in [5, 5.41) is 2.99. The molecular weight excluding hydrogens is 336 g/mol. The van der Waals surface area contributed by atoms with Gasteiger partial charge in [-0.1, -0.05) is 37.5 Å². The van der Waals surface area contributed by atoms with E-state index in [1.165, 1.54) is 0 Å². The van der Waals surface area contributed by atoms with Gasteiger partial charge in [-0.05, 0) is 30.9 Å². The van der Waals surface area contributed by atoms with E-state index < -0.39 is 15.4 Å².